The van der Waals surface area contributed by atoms with Crippen LogP contribution in [-0.2, 0) is 6.42 Å². The van der Waals surface area contributed by atoms with Crippen LogP contribution in [0.5, 0.6) is 0 Å². The second kappa shape index (κ2) is 7.54. The molecule has 1 amide bonds. The van der Waals surface area contributed by atoms with Crippen LogP contribution in [0, 0.1) is 17.6 Å². The van der Waals surface area contributed by atoms with Crippen molar-refractivity contribution in [2.75, 3.05) is 13.1 Å². The van der Waals surface area contributed by atoms with E-state index in [0.29, 0.717) is 29.9 Å². The highest BCUT2D eigenvalue weighted by molar-refractivity contribution is 5.97. The summed E-state index contributed by atoms with van der Waals surface area (Å²) < 4.78 is 26.3. The van der Waals surface area contributed by atoms with Gasteiger partial charge in [0.25, 0.3) is 11.5 Å². The van der Waals surface area contributed by atoms with Gasteiger partial charge in [0, 0.05) is 13.1 Å². The maximum atomic E-state index is 13.3. The third kappa shape index (κ3) is 3.81. The Balaban J connectivity index is 1.44. The minimum atomic E-state index is -0.503. The Hall–Kier alpha value is -3.02. The number of amides is 1. The fourth-order valence-corrected chi connectivity index (χ4v) is 3.80. The lowest BCUT2D eigenvalue weighted by molar-refractivity contribution is 0.0689. The van der Waals surface area contributed by atoms with Crippen LogP contribution in [0.1, 0.15) is 28.8 Å². The van der Waals surface area contributed by atoms with Gasteiger partial charge in [-0.3, -0.25) is 9.59 Å². The number of hydrogen-bond donors (Lipinski definition) is 1. The summed E-state index contributed by atoms with van der Waals surface area (Å²) in [6.45, 7) is 1.15. The van der Waals surface area contributed by atoms with Crippen LogP contribution in [0.25, 0.3) is 10.9 Å². The zero-order valence-corrected chi connectivity index (χ0v) is 15.3. The SMILES string of the molecule is O=C(c1cc2ccc(F)cc2[nH]c1=O)N1CCC(Cc2ccc(F)cc2)CC1. The number of nitrogens with one attached hydrogen (secondary N) is 1. The number of nitrogens with zero attached hydrogens (tertiary/aromatic N) is 1. The molecule has 1 aliphatic heterocycles. The van der Waals surface area contributed by atoms with E-state index in [1.165, 1.54) is 30.3 Å². The van der Waals surface area contributed by atoms with E-state index in [-0.39, 0.29) is 17.3 Å². The van der Waals surface area contributed by atoms with Gasteiger partial charge in [0.15, 0.2) is 0 Å². The summed E-state index contributed by atoms with van der Waals surface area (Å²) in [5.74, 6) is -0.557. The van der Waals surface area contributed by atoms with E-state index in [2.05, 4.69) is 4.98 Å². The van der Waals surface area contributed by atoms with Crippen molar-refractivity contribution >= 4 is 16.8 Å². The fraction of sp³-hybridized carbons (Fsp3) is 0.273. The molecule has 0 aliphatic carbocycles. The maximum absolute atomic E-state index is 13.3. The molecular formula is C22H20F2N2O2. The summed E-state index contributed by atoms with van der Waals surface area (Å²) in [6, 6.07) is 12.1. The predicted molar refractivity (Wildman–Crippen MR) is 103 cm³/mol. The van der Waals surface area contributed by atoms with Crippen LogP contribution < -0.4 is 5.56 Å². The van der Waals surface area contributed by atoms with Crippen LogP contribution in [-0.4, -0.2) is 28.9 Å². The molecule has 0 saturated carbocycles. The summed E-state index contributed by atoms with van der Waals surface area (Å²) in [6.07, 6.45) is 2.52. The van der Waals surface area contributed by atoms with Crippen LogP contribution in [0.2, 0.25) is 0 Å². The van der Waals surface area contributed by atoms with Crippen molar-refractivity contribution in [3.63, 3.8) is 0 Å². The first kappa shape index (κ1) is 18.3. The van der Waals surface area contributed by atoms with Gasteiger partial charge in [0.05, 0.1) is 5.52 Å². The third-order valence-electron chi connectivity index (χ3n) is 5.38. The molecule has 144 valence electrons. The smallest absolute Gasteiger partial charge is 0.261 e. The molecule has 0 unspecified atom stereocenters. The van der Waals surface area contributed by atoms with Gasteiger partial charge in [0.2, 0.25) is 0 Å². The van der Waals surface area contributed by atoms with E-state index in [1.807, 2.05) is 0 Å². The minimum absolute atomic E-state index is 0.0797. The predicted octanol–water partition coefficient (Wildman–Crippen LogP) is 3.90. The van der Waals surface area contributed by atoms with E-state index in [4.69, 9.17) is 0 Å². The topological polar surface area (TPSA) is 53.2 Å². The molecule has 1 aliphatic rings. The highest BCUT2D eigenvalue weighted by Crippen LogP contribution is 2.23. The number of carbonyl (C=O) groups is 1. The molecule has 6 heteroatoms. The molecule has 0 spiro atoms. The van der Waals surface area contributed by atoms with E-state index in [9.17, 15) is 18.4 Å². The zero-order chi connectivity index (χ0) is 19.7. The van der Waals surface area contributed by atoms with Crippen molar-refractivity contribution in [2.45, 2.75) is 19.3 Å². The Morgan fingerprint density at radius 2 is 1.68 bits per heavy atom. The minimum Gasteiger partial charge on any atom is -0.338 e. The molecule has 1 saturated heterocycles. The van der Waals surface area contributed by atoms with Crippen LogP contribution in [0.15, 0.2) is 53.3 Å². The molecule has 0 atom stereocenters. The molecule has 28 heavy (non-hydrogen) atoms. The normalized spacial score (nSPS) is 15.1. The Bertz CT molecular complexity index is 1070. The van der Waals surface area contributed by atoms with Gasteiger partial charge < -0.3 is 9.88 Å². The van der Waals surface area contributed by atoms with Gasteiger partial charge in [-0.25, -0.2) is 8.78 Å². The molecule has 0 radical (unpaired) electrons. The molecule has 1 aromatic heterocycles. The maximum Gasteiger partial charge on any atom is 0.261 e. The molecule has 2 heterocycles. The van der Waals surface area contributed by atoms with Crippen LogP contribution in [0.3, 0.4) is 0 Å². The number of carbonyl (C=O) groups excluding carboxylic acids is 1. The molecule has 4 nitrogen and oxygen atoms in total. The number of halogens is 2. The number of piperidine rings is 1. The third-order valence-corrected chi connectivity index (χ3v) is 5.38. The molecule has 4 rings (SSSR count). The average Bonchev–Trinajstić information content (AvgIpc) is 2.69. The largest absolute Gasteiger partial charge is 0.338 e. The lowest BCUT2D eigenvalue weighted by Crippen LogP contribution is -2.40. The van der Waals surface area contributed by atoms with Crippen LogP contribution in [0.4, 0.5) is 8.78 Å². The second-order valence-corrected chi connectivity index (χ2v) is 7.31. The van der Waals surface area contributed by atoms with Gasteiger partial charge in [0.1, 0.15) is 17.2 Å². The van der Waals surface area contributed by atoms with E-state index >= 15 is 0 Å². The standard InChI is InChI=1S/C22H20F2N2O2/c23-17-4-1-14(2-5-17)11-15-7-9-26(10-8-15)22(28)19-12-16-3-6-18(24)13-20(16)25-21(19)27/h1-6,12-13,15H,7-11H2,(H,25,27). The van der Waals surface area contributed by atoms with Gasteiger partial charge in [-0.15, -0.1) is 0 Å². The number of pyridine rings is 1. The highest BCUT2D eigenvalue weighted by atomic mass is 19.1. The number of aromatic amines is 1. The van der Waals surface area contributed by atoms with Gasteiger partial charge in [-0.2, -0.15) is 0 Å². The number of hydrogen-bond acceptors (Lipinski definition) is 2. The Kier molecular flexibility index (Phi) is 4.94. The average molecular weight is 382 g/mol. The number of benzene rings is 2. The Morgan fingerprint density at radius 1 is 1.00 bits per heavy atom. The van der Waals surface area contributed by atoms with Crippen LogP contribution >= 0.6 is 0 Å². The molecular weight excluding hydrogens is 362 g/mol. The summed E-state index contributed by atoms with van der Waals surface area (Å²) in [5, 5.41) is 0.621. The van der Waals surface area contributed by atoms with Gasteiger partial charge in [-0.1, -0.05) is 12.1 Å². The number of aromatic nitrogens is 1. The first-order valence-electron chi connectivity index (χ1n) is 9.36. The summed E-state index contributed by atoms with van der Waals surface area (Å²) in [4.78, 5) is 29.4. The highest BCUT2D eigenvalue weighted by Gasteiger charge is 2.25. The van der Waals surface area contributed by atoms with Crippen molar-refractivity contribution in [1.82, 2.24) is 9.88 Å². The van der Waals surface area contributed by atoms with E-state index < -0.39 is 11.4 Å². The Morgan fingerprint density at radius 3 is 2.39 bits per heavy atom. The molecule has 2 aromatic carbocycles. The van der Waals surface area contributed by atoms with E-state index in [1.54, 1.807) is 23.1 Å². The first-order chi connectivity index (χ1) is 13.5. The second-order valence-electron chi connectivity index (χ2n) is 7.31. The van der Waals surface area contributed by atoms with Crippen molar-refractivity contribution in [3.8, 4) is 0 Å². The fourth-order valence-electron chi connectivity index (χ4n) is 3.80. The van der Waals surface area contributed by atoms with Gasteiger partial charge >= 0.3 is 0 Å². The number of likely N-dealkylation sites (tertiary alicyclic amines) is 1. The molecule has 1 N–H and O–H groups in total. The van der Waals surface area contributed by atoms with E-state index in [0.717, 1.165) is 24.8 Å². The molecule has 3 aromatic rings. The monoisotopic (exact) mass is 382 g/mol. The lowest BCUT2D eigenvalue weighted by Gasteiger charge is -2.32. The lowest BCUT2D eigenvalue weighted by atomic mass is 9.90. The first-order valence-corrected chi connectivity index (χ1v) is 9.36. The number of H-pyrrole nitrogens is 1. The zero-order valence-electron chi connectivity index (χ0n) is 15.3. The van der Waals surface area contributed by atoms with Crippen molar-refractivity contribution in [3.05, 3.63) is 81.6 Å². The molecule has 1 fully saturated rings. The number of fused-ring (bicyclic) bond motifs is 1. The number of rotatable bonds is 3. The summed E-state index contributed by atoms with van der Waals surface area (Å²) >= 11 is 0. The van der Waals surface area contributed by atoms with Gasteiger partial charge in [-0.05, 0) is 72.5 Å². The summed E-state index contributed by atoms with van der Waals surface area (Å²) in [5.41, 5.74) is 1.04. The van der Waals surface area contributed by atoms with Crippen molar-refractivity contribution < 1.29 is 13.6 Å². The molecule has 0 bridgehead atoms. The summed E-state index contributed by atoms with van der Waals surface area (Å²) in [7, 11) is 0. The van der Waals surface area contributed by atoms with Crippen molar-refractivity contribution in [2.24, 2.45) is 5.92 Å². The van der Waals surface area contributed by atoms with Crippen molar-refractivity contribution in [1.29, 1.82) is 0 Å². The Labute approximate surface area is 160 Å². The quantitative estimate of drug-likeness (QED) is 0.747.